The summed E-state index contributed by atoms with van der Waals surface area (Å²) < 4.78 is 44.4. The van der Waals surface area contributed by atoms with Gasteiger partial charge in [0.1, 0.15) is 5.82 Å². The Hall–Kier alpha value is -3.62. The molecule has 0 saturated heterocycles. The van der Waals surface area contributed by atoms with Crippen LogP contribution in [0.25, 0.3) is 22.4 Å². The van der Waals surface area contributed by atoms with Gasteiger partial charge in [0, 0.05) is 23.5 Å². The van der Waals surface area contributed by atoms with E-state index in [1.165, 1.54) is 49.7 Å². The number of hydrogen-bond donors (Lipinski definition) is 2. The molecule has 0 saturated carbocycles. The number of ether oxygens (including phenoxy) is 1. The molecule has 2 aromatic heterocycles. The SMILES string of the molecule is COC(=O)Nc1cc(-c2cc(-c3ccccc3C(F)(F)F)[nH]c(=O)c2)ccn1. The maximum absolute atomic E-state index is 13.3. The number of pyridine rings is 2. The quantitative estimate of drug-likeness (QED) is 0.700. The van der Waals surface area contributed by atoms with Gasteiger partial charge in [-0.2, -0.15) is 13.2 Å². The van der Waals surface area contributed by atoms with Crippen LogP contribution in [0.15, 0.2) is 59.5 Å². The molecule has 3 aromatic rings. The van der Waals surface area contributed by atoms with Gasteiger partial charge >= 0.3 is 12.3 Å². The molecule has 0 fully saturated rings. The highest BCUT2D eigenvalue weighted by Gasteiger charge is 2.33. The largest absolute Gasteiger partial charge is 0.453 e. The van der Waals surface area contributed by atoms with E-state index >= 15 is 0 Å². The zero-order valence-corrected chi connectivity index (χ0v) is 14.5. The fourth-order valence-corrected chi connectivity index (χ4v) is 2.65. The third-order valence-electron chi connectivity index (χ3n) is 3.88. The van der Waals surface area contributed by atoms with Gasteiger partial charge in [-0.3, -0.25) is 10.1 Å². The average Bonchev–Trinajstić information content (AvgIpc) is 2.67. The Labute approximate surface area is 157 Å². The van der Waals surface area contributed by atoms with Gasteiger partial charge in [-0.25, -0.2) is 9.78 Å². The van der Waals surface area contributed by atoms with Gasteiger partial charge < -0.3 is 9.72 Å². The monoisotopic (exact) mass is 389 g/mol. The highest BCUT2D eigenvalue weighted by molar-refractivity contribution is 5.84. The van der Waals surface area contributed by atoms with Crippen molar-refractivity contribution < 1.29 is 22.7 Å². The topological polar surface area (TPSA) is 84.1 Å². The van der Waals surface area contributed by atoms with Crippen molar-refractivity contribution in [3.05, 3.63) is 70.6 Å². The third-order valence-corrected chi connectivity index (χ3v) is 3.88. The van der Waals surface area contributed by atoms with E-state index in [0.717, 1.165) is 6.07 Å². The first kappa shape index (κ1) is 19.2. The lowest BCUT2D eigenvalue weighted by Gasteiger charge is -2.13. The van der Waals surface area contributed by atoms with Crippen molar-refractivity contribution in [2.24, 2.45) is 0 Å². The van der Waals surface area contributed by atoms with Gasteiger partial charge in [0.15, 0.2) is 0 Å². The summed E-state index contributed by atoms with van der Waals surface area (Å²) >= 11 is 0. The van der Waals surface area contributed by atoms with E-state index in [0.29, 0.717) is 11.1 Å². The van der Waals surface area contributed by atoms with Crippen molar-refractivity contribution in [2.75, 3.05) is 12.4 Å². The van der Waals surface area contributed by atoms with Crippen molar-refractivity contribution in [1.82, 2.24) is 9.97 Å². The lowest BCUT2D eigenvalue weighted by molar-refractivity contribution is -0.137. The van der Waals surface area contributed by atoms with Crippen molar-refractivity contribution in [1.29, 1.82) is 0 Å². The normalized spacial score (nSPS) is 11.1. The standard InChI is InChI=1S/C19H14F3N3O3/c1-28-18(27)25-16-9-11(6-7-23-16)12-8-15(24-17(26)10-12)13-4-2-3-5-14(13)19(20,21)22/h2-10H,1H3,(H,24,26)(H,23,25,27). The van der Waals surface area contributed by atoms with Crippen molar-refractivity contribution >= 4 is 11.9 Å². The molecule has 0 bridgehead atoms. The van der Waals surface area contributed by atoms with Crippen LogP contribution in [0.2, 0.25) is 0 Å². The summed E-state index contributed by atoms with van der Waals surface area (Å²) in [4.78, 5) is 29.8. The van der Waals surface area contributed by atoms with E-state index in [9.17, 15) is 22.8 Å². The van der Waals surface area contributed by atoms with Crippen LogP contribution in [0.4, 0.5) is 23.8 Å². The van der Waals surface area contributed by atoms with Crippen LogP contribution in [-0.4, -0.2) is 23.2 Å². The molecule has 2 N–H and O–H groups in total. The minimum atomic E-state index is -4.57. The first-order chi connectivity index (χ1) is 13.3. The van der Waals surface area contributed by atoms with E-state index in [1.54, 1.807) is 6.07 Å². The van der Waals surface area contributed by atoms with Crippen LogP contribution in [0, 0.1) is 0 Å². The van der Waals surface area contributed by atoms with Crippen molar-refractivity contribution in [2.45, 2.75) is 6.18 Å². The maximum atomic E-state index is 13.3. The fourth-order valence-electron chi connectivity index (χ4n) is 2.65. The highest BCUT2D eigenvalue weighted by atomic mass is 19.4. The number of aromatic amines is 1. The predicted octanol–water partition coefficient (Wildman–Crippen LogP) is 4.30. The minimum absolute atomic E-state index is 0.0229. The number of nitrogens with one attached hydrogen (secondary N) is 2. The molecule has 0 aliphatic heterocycles. The Morgan fingerprint density at radius 3 is 2.57 bits per heavy atom. The summed E-state index contributed by atoms with van der Waals surface area (Å²) in [5, 5.41) is 2.38. The third kappa shape index (κ3) is 4.20. The second kappa shape index (κ2) is 7.55. The van der Waals surface area contributed by atoms with Crippen LogP contribution >= 0.6 is 0 Å². The average molecular weight is 389 g/mol. The Kier molecular flexibility index (Phi) is 5.16. The molecule has 6 nitrogen and oxygen atoms in total. The molecule has 0 aliphatic carbocycles. The van der Waals surface area contributed by atoms with Crippen molar-refractivity contribution in [3.8, 4) is 22.4 Å². The molecular formula is C19H14F3N3O3. The second-order valence-electron chi connectivity index (χ2n) is 5.74. The zero-order chi connectivity index (χ0) is 20.3. The number of rotatable bonds is 3. The first-order valence-electron chi connectivity index (χ1n) is 8.00. The van der Waals surface area contributed by atoms with E-state index in [1.807, 2.05) is 0 Å². The molecular weight excluding hydrogens is 375 g/mol. The summed E-state index contributed by atoms with van der Waals surface area (Å²) in [6.07, 6.45) is -3.90. The molecule has 144 valence electrons. The second-order valence-corrected chi connectivity index (χ2v) is 5.74. The number of anilines is 1. The molecule has 28 heavy (non-hydrogen) atoms. The molecule has 9 heteroatoms. The van der Waals surface area contributed by atoms with Crippen LogP contribution in [0.1, 0.15) is 5.56 Å². The first-order valence-corrected chi connectivity index (χ1v) is 8.00. The number of benzene rings is 1. The maximum Gasteiger partial charge on any atom is 0.417 e. The Bertz CT molecular complexity index is 1080. The van der Waals surface area contributed by atoms with Crippen molar-refractivity contribution in [3.63, 3.8) is 0 Å². The number of carbonyl (C=O) groups excluding carboxylic acids is 1. The van der Waals surface area contributed by atoms with Gasteiger partial charge in [0.2, 0.25) is 5.56 Å². The Morgan fingerprint density at radius 2 is 1.86 bits per heavy atom. The minimum Gasteiger partial charge on any atom is -0.453 e. The lowest BCUT2D eigenvalue weighted by atomic mass is 10.0. The van der Waals surface area contributed by atoms with Gasteiger partial charge in [-0.05, 0) is 35.4 Å². The van der Waals surface area contributed by atoms with E-state index in [4.69, 9.17) is 0 Å². The Balaban J connectivity index is 2.09. The predicted molar refractivity (Wildman–Crippen MR) is 96.8 cm³/mol. The molecule has 3 rings (SSSR count). The number of halogens is 3. The molecule has 0 aliphatic rings. The molecule has 0 spiro atoms. The number of carbonyl (C=O) groups is 1. The van der Waals surface area contributed by atoms with E-state index < -0.39 is 23.4 Å². The van der Waals surface area contributed by atoms with Gasteiger partial charge in [0.25, 0.3) is 0 Å². The summed E-state index contributed by atoms with van der Waals surface area (Å²) in [5.41, 5.74) is -0.691. The molecule has 1 amide bonds. The number of hydrogen-bond acceptors (Lipinski definition) is 4. The number of aromatic nitrogens is 2. The number of amides is 1. The van der Waals surface area contributed by atoms with Crippen LogP contribution in [-0.2, 0) is 10.9 Å². The summed E-state index contributed by atoms with van der Waals surface area (Å²) in [5.74, 6) is 0.168. The number of H-pyrrole nitrogens is 1. The summed E-state index contributed by atoms with van der Waals surface area (Å²) in [6.45, 7) is 0. The summed E-state index contributed by atoms with van der Waals surface area (Å²) in [6, 6.07) is 10.7. The number of nitrogens with zero attached hydrogens (tertiary/aromatic N) is 1. The number of methoxy groups -OCH3 is 1. The highest BCUT2D eigenvalue weighted by Crippen LogP contribution is 2.36. The van der Waals surface area contributed by atoms with E-state index in [2.05, 4.69) is 20.0 Å². The van der Waals surface area contributed by atoms with Crippen LogP contribution in [0.5, 0.6) is 0 Å². The molecule has 2 heterocycles. The van der Waals surface area contributed by atoms with Gasteiger partial charge in [-0.1, -0.05) is 18.2 Å². The van der Waals surface area contributed by atoms with Crippen LogP contribution in [0.3, 0.4) is 0 Å². The fraction of sp³-hybridized carbons (Fsp3) is 0.105. The van der Waals surface area contributed by atoms with Gasteiger partial charge in [0.05, 0.1) is 12.7 Å². The molecule has 0 radical (unpaired) electrons. The molecule has 0 unspecified atom stereocenters. The van der Waals surface area contributed by atoms with E-state index in [-0.39, 0.29) is 17.1 Å². The summed E-state index contributed by atoms with van der Waals surface area (Å²) in [7, 11) is 1.19. The number of alkyl halides is 3. The zero-order valence-electron chi connectivity index (χ0n) is 14.5. The van der Waals surface area contributed by atoms with Crippen LogP contribution < -0.4 is 10.9 Å². The molecule has 0 atom stereocenters. The smallest absolute Gasteiger partial charge is 0.417 e. The lowest BCUT2D eigenvalue weighted by Crippen LogP contribution is -2.12. The molecule has 1 aromatic carbocycles. The van der Waals surface area contributed by atoms with Gasteiger partial charge in [-0.15, -0.1) is 0 Å². The Morgan fingerprint density at radius 1 is 1.11 bits per heavy atom.